The van der Waals surface area contributed by atoms with E-state index in [0.717, 1.165) is 52.2 Å². The fourth-order valence-corrected chi connectivity index (χ4v) is 7.56. The highest BCUT2D eigenvalue weighted by atomic mass is 16.5. The lowest BCUT2D eigenvalue weighted by Gasteiger charge is -2.27. The van der Waals surface area contributed by atoms with E-state index in [-0.39, 0.29) is 0 Å². The maximum atomic E-state index is 6.11. The van der Waals surface area contributed by atoms with Crippen molar-refractivity contribution in [3.8, 4) is 16.9 Å². The zero-order valence-corrected chi connectivity index (χ0v) is 31.4. The van der Waals surface area contributed by atoms with Crippen LogP contribution in [0.4, 0.5) is 11.4 Å². The maximum absolute atomic E-state index is 6.11. The van der Waals surface area contributed by atoms with Gasteiger partial charge in [-0.1, -0.05) is 154 Å². The molecule has 0 saturated carbocycles. The number of rotatable bonds is 9. The molecule has 2 nitrogen and oxygen atoms in total. The second kappa shape index (κ2) is 16.2. The number of hydrogen-bond donors (Lipinski definition) is 0. The number of allylic oxidation sites excluding steroid dienone is 6. The molecule has 0 spiro atoms. The Morgan fingerprint density at radius 1 is 0.673 bits per heavy atom. The van der Waals surface area contributed by atoms with Crippen molar-refractivity contribution < 1.29 is 4.74 Å². The van der Waals surface area contributed by atoms with Crippen LogP contribution in [-0.4, -0.2) is 6.54 Å². The summed E-state index contributed by atoms with van der Waals surface area (Å²) in [7, 11) is 0. The molecule has 1 atom stereocenters. The lowest BCUT2D eigenvalue weighted by atomic mass is 9.89. The summed E-state index contributed by atoms with van der Waals surface area (Å²) in [6.07, 6.45) is 16.8. The fraction of sp³-hybridized carbons (Fsp3) is 0.0943. The second-order valence-electron chi connectivity index (χ2n) is 14.4. The molecule has 1 unspecified atom stereocenters. The summed E-state index contributed by atoms with van der Waals surface area (Å²) >= 11 is 0. The van der Waals surface area contributed by atoms with E-state index in [0.29, 0.717) is 18.2 Å². The van der Waals surface area contributed by atoms with Crippen molar-refractivity contribution in [2.75, 3.05) is 11.4 Å². The van der Waals surface area contributed by atoms with Gasteiger partial charge in [-0.2, -0.15) is 0 Å². The van der Waals surface area contributed by atoms with Crippen LogP contribution in [0.1, 0.15) is 45.9 Å². The first-order valence-corrected chi connectivity index (χ1v) is 19.1. The van der Waals surface area contributed by atoms with E-state index in [1.54, 1.807) is 0 Å². The Bertz CT molecular complexity index is 2460. The van der Waals surface area contributed by atoms with Gasteiger partial charge in [-0.25, -0.2) is 0 Å². The van der Waals surface area contributed by atoms with Crippen molar-refractivity contribution in [2.24, 2.45) is 5.92 Å². The third kappa shape index (κ3) is 8.15. The quantitative estimate of drug-likeness (QED) is 0.138. The zero-order valence-electron chi connectivity index (χ0n) is 31.4. The van der Waals surface area contributed by atoms with Gasteiger partial charge in [-0.3, -0.25) is 0 Å². The molecule has 6 aromatic rings. The summed E-state index contributed by atoms with van der Waals surface area (Å²) < 4.78 is 6.11. The third-order valence-corrected chi connectivity index (χ3v) is 10.5. The van der Waals surface area contributed by atoms with Gasteiger partial charge in [0, 0.05) is 24.3 Å². The Morgan fingerprint density at radius 2 is 1.36 bits per heavy atom. The van der Waals surface area contributed by atoms with Crippen LogP contribution in [0.3, 0.4) is 0 Å². The first-order chi connectivity index (χ1) is 27.0. The molecule has 0 amide bonds. The molecule has 2 aliphatic rings. The summed E-state index contributed by atoms with van der Waals surface area (Å²) in [4.78, 5) is 2.40. The normalized spacial score (nSPS) is 15.7. The summed E-state index contributed by atoms with van der Waals surface area (Å²) in [6.45, 7) is 11.2. The predicted molar refractivity (Wildman–Crippen MR) is 234 cm³/mol. The monoisotopic (exact) mass is 711 g/mol. The van der Waals surface area contributed by atoms with Crippen molar-refractivity contribution in [3.63, 3.8) is 0 Å². The average Bonchev–Trinajstić information content (AvgIpc) is 3.29. The van der Waals surface area contributed by atoms with Gasteiger partial charge in [0.15, 0.2) is 0 Å². The van der Waals surface area contributed by atoms with Gasteiger partial charge in [-0.05, 0) is 128 Å². The van der Waals surface area contributed by atoms with Crippen molar-refractivity contribution in [3.05, 3.63) is 234 Å². The van der Waals surface area contributed by atoms with E-state index in [4.69, 9.17) is 4.74 Å². The van der Waals surface area contributed by atoms with Gasteiger partial charge < -0.3 is 9.64 Å². The van der Waals surface area contributed by atoms with Crippen LogP contribution in [0, 0.1) is 5.92 Å². The first kappa shape index (κ1) is 35.4. The van der Waals surface area contributed by atoms with Crippen LogP contribution in [0.15, 0.2) is 195 Å². The lowest BCUT2D eigenvalue weighted by Crippen LogP contribution is -2.19. The number of para-hydroxylation sites is 2. The zero-order chi connectivity index (χ0) is 37.6. The van der Waals surface area contributed by atoms with Crippen molar-refractivity contribution in [1.82, 2.24) is 0 Å². The van der Waals surface area contributed by atoms with Crippen LogP contribution in [-0.2, 0) is 12.8 Å². The molecule has 1 aliphatic carbocycles. The highest BCUT2D eigenvalue weighted by Gasteiger charge is 2.17. The fourth-order valence-electron chi connectivity index (χ4n) is 7.56. The number of ether oxygens (including phenoxy) is 1. The molecular weight excluding hydrogens is 667 g/mol. The van der Waals surface area contributed by atoms with Gasteiger partial charge in [-0.15, -0.1) is 0 Å². The Labute approximate surface area is 326 Å². The van der Waals surface area contributed by atoms with E-state index in [9.17, 15) is 0 Å². The smallest absolute Gasteiger partial charge is 0.130 e. The molecule has 0 radical (unpaired) electrons. The van der Waals surface area contributed by atoms with E-state index >= 15 is 0 Å². The Morgan fingerprint density at radius 3 is 2.16 bits per heavy atom. The summed E-state index contributed by atoms with van der Waals surface area (Å²) in [5.74, 6) is 2.05. The van der Waals surface area contributed by atoms with Crippen LogP contribution in [0.25, 0.3) is 34.4 Å². The maximum Gasteiger partial charge on any atom is 0.130 e. The number of nitrogens with zero attached hydrogens (tertiary/aromatic N) is 1. The highest BCUT2D eigenvalue weighted by molar-refractivity contribution is 5.88. The molecule has 268 valence electrons. The van der Waals surface area contributed by atoms with Gasteiger partial charge in [0.1, 0.15) is 11.5 Å². The Balaban J connectivity index is 1.16. The first-order valence-electron chi connectivity index (χ1n) is 19.1. The second-order valence-corrected chi connectivity index (χ2v) is 14.4. The number of fused-ring (bicyclic) bond motifs is 3. The summed E-state index contributed by atoms with van der Waals surface area (Å²) in [6, 6.07) is 52.2. The molecule has 0 saturated heterocycles. The van der Waals surface area contributed by atoms with Gasteiger partial charge in [0.2, 0.25) is 0 Å². The molecular formula is C53H45NO. The van der Waals surface area contributed by atoms with E-state index in [1.807, 2.05) is 24.3 Å². The van der Waals surface area contributed by atoms with E-state index in [1.165, 1.54) is 39.0 Å². The molecule has 0 aromatic heterocycles. The van der Waals surface area contributed by atoms with Crippen LogP contribution >= 0.6 is 0 Å². The average molecular weight is 712 g/mol. The van der Waals surface area contributed by atoms with Crippen LogP contribution in [0.5, 0.6) is 5.75 Å². The minimum absolute atomic E-state index is 0.587. The van der Waals surface area contributed by atoms with E-state index in [2.05, 4.69) is 189 Å². The largest absolute Gasteiger partial charge is 0.458 e. The number of hydrogen-bond acceptors (Lipinski definition) is 2. The third-order valence-electron chi connectivity index (χ3n) is 10.5. The molecule has 2 heteroatoms. The van der Waals surface area contributed by atoms with Crippen molar-refractivity contribution in [1.29, 1.82) is 0 Å². The van der Waals surface area contributed by atoms with Gasteiger partial charge >= 0.3 is 0 Å². The molecule has 0 fully saturated rings. The van der Waals surface area contributed by atoms with Crippen LogP contribution in [0.2, 0.25) is 0 Å². The number of benzene rings is 6. The molecule has 1 aliphatic heterocycles. The topological polar surface area (TPSA) is 12.5 Å². The van der Waals surface area contributed by atoms with E-state index < -0.39 is 0 Å². The Kier molecular flexibility index (Phi) is 10.4. The SMILES string of the molecule is C=C/C=C(\C=C(/CN(c1ccccc1)c1ccc(-c2ccc3c(c2)C=CC(C)C3)cc1)c1ccccc1)c1ccc2c(c1)/C=C\C(=C)Oc1ccccc1C2. The molecule has 6 aromatic carbocycles. The Hall–Kier alpha value is -6.64. The minimum Gasteiger partial charge on any atom is -0.458 e. The van der Waals surface area contributed by atoms with Gasteiger partial charge in [0.05, 0.1) is 0 Å². The highest BCUT2D eigenvalue weighted by Crippen LogP contribution is 2.35. The molecule has 1 heterocycles. The molecule has 55 heavy (non-hydrogen) atoms. The standard InChI is InChI=1S/C53H45NO/c1-4-13-42(47-26-27-48-35-49-16-11-12-19-53(49)55-39(3)21-23-46(48)34-47)36-50(40-14-7-5-8-15-40)37-54(51-17-9-6-10-18-51)52-30-28-41(29-31-52)44-25-24-43-32-38(2)20-22-45(43)33-44/h4-31,33-34,36,38H,1,3,32,35,37H2,2H3/b23-21-,42-13+,50-36+. The molecule has 0 N–H and O–H groups in total. The van der Waals surface area contributed by atoms with Crippen molar-refractivity contribution in [2.45, 2.75) is 19.8 Å². The minimum atomic E-state index is 0.587. The number of anilines is 2. The van der Waals surface area contributed by atoms with Gasteiger partial charge in [0.25, 0.3) is 0 Å². The predicted octanol–water partition coefficient (Wildman–Crippen LogP) is 13.6. The summed E-state index contributed by atoms with van der Waals surface area (Å²) in [5.41, 5.74) is 15.5. The molecule has 8 rings (SSSR count). The summed E-state index contributed by atoms with van der Waals surface area (Å²) in [5, 5.41) is 0. The lowest BCUT2D eigenvalue weighted by molar-refractivity contribution is 0.443. The molecule has 0 bridgehead atoms. The van der Waals surface area contributed by atoms with Crippen molar-refractivity contribution >= 4 is 34.7 Å². The van der Waals surface area contributed by atoms with Crippen LogP contribution < -0.4 is 9.64 Å².